The summed E-state index contributed by atoms with van der Waals surface area (Å²) in [5.41, 5.74) is 8.62. The average Bonchev–Trinajstić information content (AvgIpc) is 3.29. The molecular formula is C16H18IN9O3S2. The number of nitrogens with two attached hydrogens (primary N) is 2. The molecule has 4 rings (SSSR count). The van der Waals surface area contributed by atoms with Gasteiger partial charge in [-0.15, -0.1) is 0 Å². The van der Waals surface area contributed by atoms with E-state index in [2.05, 4.69) is 52.6 Å². The number of hydrogen-bond acceptors (Lipinski definition) is 10. The lowest BCUT2D eigenvalue weighted by molar-refractivity contribution is 0.559. The molecule has 3 heterocycles. The molecule has 12 nitrogen and oxygen atoms in total. The van der Waals surface area contributed by atoms with Gasteiger partial charge in [-0.3, -0.25) is 0 Å². The molecule has 0 fully saturated rings. The second-order valence-electron chi connectivity index (χ2n) is 6.37. The Morgan fingerprint density at radius 3 is 2.84 bits per heavy atom. The van der Waals surface area contributed by atoms with Crippen LogP contribution < -0.4 is 20.9 Å². The molecule has 3 aromatic heterocycles. The van der Waals surface area contributed by atoms with Crippen molar-refractivity contribution >= 4 is 72.6 Å². The lowest BCUT2D eigenvalue weighted by Crippen LogP contribution is -2.36. The van der Waals surface area contributed by atoms with Gasteiger partial charge in [-0.05, 0) is 34.7 Å². The first-order chi connectivity index (χ1) is 14.8. The topological polar surface area (TPSA) is 180 Å². The Kier molecular flexibility index (Phi) is 6.58. The molecule has 0 saturated carbocycles. The van der Waals surface area contributed by atoms with E-state index < -0.39 is 10.2 Å². The number of anilines is 1. The normalized spacial score (nSPS) is 12.2. The van der Waals surface area contributed by atoms with Gasteiger partial charge in [0, 0.05) is 34.6 Å². The molecule has 0 aliphatic rings. The summed E-state index contributed by atoms with van der Waals surface area (Å²) in [4.78, 5) is 18.2. The maximum atomic E-state index is 10.9. The maximum absolute atomic E-state index is 10.9. The maximum Gasteiger partial charge on any atom is 0.274 e. The van der Waals surface area contributed by atoms with Crippen molar-refractivity contribution in [2.24, 2.45) is 5.14 Å². The van der Waals surface area contributed by atoms with E-state index in [-0.39, 0.29) is 6.54 Å². The SMILES string of the molecule is Nc1ncnc2c1nc(Sc1cc3ocnc3cc1I)n2CCNCCNS(N)(=O)=O. The molecule has 0 atom stereocenters. The summed E-state index contributed by atoms with van der Waals surface area (Å²) in [6.07, 6.45) is 2.81. The van der Waals surface area contributed by atoms with Gasteiger partial charge in [0.05, 0.1) is 0 Å². The van der Waals surface area contributed by atoms with Crippen molar-refractivity contribution in [2.45, 2.75) is 16.6 Å². The molecular weight excluding hydrogens is 557 g/mol. The number of fused-ring (bicyclic) bond motifs is 2. The van der Waals surface area contributed by atoms with Crippen LogP contribution in [0.2, 0.25) is 0 Å². The highest BCUT2D eigenvalue weighted by atomic mass is 127. The number of nitrogen functional groups attached to an aromatic ring is 1. The minimum absolute atomic E-state index is 0.190. The number of hydrogen-bond donors (Lipinski definition) is 4. The molecule has 4 aromatic rings. The summed E-state index contributed by atoms with van der Waals surface area (Å²) in [5.74, 6) is 0.302. The van der Waals surface area contributed by atoms with Crippen LogP contribution in [0.15, 0.2) is 39.3 Å². The van der Waals surface area contributed by atoms with Gasteiger partial charge in [-0.1, -0.05) is 11.8 Å². The van der Waals surface area contributed by atoms with Gasteiger partial charge >= 0.3 is 0 Å². The number of imidazole rings is 1. The van der Waals surface area contributed by atoms with E-state index in [9.17, 15) is 8.42 Å². The molecule has 1 aromatic carbocycles. The van der Waals surface area contributed by atoms with Gasteiger partial charge in [0.25, 0.3) is 10.2 Å². The van der Waals surface area contributed by atoms with E-state index >= 15 is 0 Å². The van der Waals surface area contributed by atoms with E-state index in [1.165, 1.54) is 24.5 Å². The summed E-state index contributed by atoms with van der Waals surface area (Å²) in [6, 6.07) is 3.87. The summed E-state index contributed by atoms with van der Waals surface area (Å²) in [7, 11) is -3.70. The molecule has 0 saturated heterocycles. The number of nitrogens with zero attached hydrogens (tertiary/aromatic N) is 5. The van der Waals surface area contributed by atoms with E-state index in [0.717, 1.165) is 14.0 Å². The Morgan fingerprint density at radius 1 is 1.19 bits per heavy atom. The highest BCUT2D eigenvalue weighted by Gasteiger charge is 2.17. The Hall–Kier alpha value is -2.05. The van der Waals surface area contributed by atoms with Gasteiger partial charge in [0.2, 0.25) is 0 Å². The predicted molar refractivity (Wildman–Crippen MR) is 125 cm³/mol. The van der Waals surface area contributed by atoms with E-state index in [1.54, 1.807) is 0 Å². The number of aromatic nitrogens is 5. The van der Waals surface area contributed by atoms with Crippen LogP contribution in [0.25, 0.3) is 22.3 Å². The van der Waals surface area contributed by atoms with Crippen molar-refractivity contribution < 1.29 is 12.8 Å². The molecule has 0 radical (unpaired) electrons. The van der Waals surface area contributed by atoms with Gasteiger partial charge < -0.3 is 20.0 Å². The monoisotopic (exact) mass is 575 g/mol. The van der Waals surface area contributed by atoms with Gasteiger partial charge in [-0.2, -0.15) is 8.42 Å². The first kappa shape index (κ1) is 22.2. The Balaban J connectivity index is 1.56. The lowest BCUT2D eigenvalue weighted by Gasteiger charge is -2.10. The number of oxazole rings is 1. The third-order valence-electron chi connectivity index (χ3n) is 4.23. The van der Waals surface area contributed by atoms with Crippen LogP contribution in [-0.4, -0.2) is 52.6 Å². The summed E-state index contributed by atoms with van der Waals surface area (Å²) < 4.78 is 32.5. The van der Waals surface area contributed by atoms with Gasteiger partial charge in [-0.25, -0.2) is 29.8 Å². The smallest absolute Gasteiger partial charge is 0.274 e. The Labute approximate surface area is 194 Å². The molecule has 31 heavy (non-hydrogen) atoms. The second kappa shape index (κ2) is 9.21. The highest BCUT2D eigenvalue weighted by Crippen LogP contribution is 2.35. The van der Waals surface area contributed by atoms with Crippen LogP contribution in [0, 0.1) is 3.57 Å². The van der Waals surface area contributed by atoms with Crippen LogP contribution in [0.4, 0.5) is 5.82 Å². The van der Waals surface area contributed by atoms with Crippen LogP contribution >= 0.6 is 34.4 Å². The second-order valence-corrected chi connectivity index (χ2v) is 9.92. The lowest BCUT2D eigenvalue weighted by atomic mass is 10.3. The zero-order valence-corrected chi connectivity index (χ0v) is 19.7. The third-order valence-corrected chi connectivity index (χ3v) is 7.15. The standard InChI is InChI=1S/C16H18IN9O3S2/c17-9-5-10-11(29-8-23-10)6-12(9)30-16-25-13-14(18)21-7-22-15(13)26(16)4-3-20-1-2-24-31(19,27)28/h5-8,20,24H,1-4H2,(H2,18,21,22)(H2,19,27,28). The minimum atomic E-state index is -3.70. The number of halogens is 1. The third kappa shape index (κ3) is 5.24. The van der Waals surface area contributed by atoms with Crippen LogP contribution in [0.1, 0.15) is 0 Å². The molecule has 0 unspecified atom stereocenters. The Bertz CT molecular complexity index is 1340. The van der Waals surface area contributed by atoms with Crippen LogP contribution in [0.5, 0.6) is 0 Å². The van der Waals surface area contributed by atoms with Crippen molar-refractivity contribution in [1.82, 2.24) is 34.5 Å². The summed E-state index contributed by atoms with van der Waals surface area (Å²) in [6.45, 7) is 1.69. The van der Waals surface area contributed by atoms with Gasteiger partial charge in [0.1, 0.15) is 11.8 Å². The summed E-state index contributed by atoms with van der Waals surface area (Å²) >= 11 is 3.71. The zero-order chi connectivity index (χ0) is 22.0. The van der Waals surface area contributed by atoms with E-state index in [0.29, 0.717) is 47.4 Å². The number of benzene rings is 1. The fourth-order valence-corrected chi connectivity index (χ4v) is 4.96. The zero-order valence-electron chi connectivity index (χ0n) is 15.9. The van der Waals surface area contributed by atoms with Crippen molar-refractivity contribution in [1.29, 1.82) is 0 Å². The predicted octanol–water partition coefficient (Wildman–Crippen LogP) is 0.688. The first-order valence-electron chi connectivity index (χ1n) is 8.97. The number of rotatable bonds is 9. The minimum Gasteiger partial charge on any atom is -0.443 e. The van der Waals surface area contributed by atoms with E-state index in [4.69, 9.17) is 15.3 Å². The molecule has 15 heteroatoms. The van der Waals surface area contributed by atoms with Gasteiger partial charge in [0.15, 0.2) is 34.1 Å². The van der Waals surface area contributed by atoms with Crippen molar-refractivity contribution in [3.8, 4) is 0 Å². The molecule has 0 bridgehead atoms. The van der Waals surface area contributed by atoms with Crippen LogP contribution in [0.3, 0.4) is 0 Å². The average molecular weight is 575 g/mol. The largest absolute Gasteiger partial charge is 0.443 e. The molecule has 164 valence electrons. The highest BCUT2D eigenvalue weighted by molar-refractivity contribution is 14.1. The fraction of sp³-hybridized carbons (Fsp3) is 0.250. The molecule has 0 amide bonds. The fourth-order valence-electron chi connectivity index (χ4n) is 2.85. The van der Waals surface area contributed by atoms with Crippen LogP contribution in [-0.2, 0) is 16.8 Å². The molecule has 0 aliphatic carbocycles. The summed E-state index contributed by atoms with van der Waals surface area (Å²) in [5, 5.41) is 8.77. The molecule has 0 spiro atoms. The number of nitrogens with one attached hydrogen (secondary N) is 2. The van der Waals surface area contributed by atoms with E-state index in [1.807, 2.05) is 16.7 Å². The Morgan fingerprint density at radius 2 is 2.03 bits per heavy atom. The van der Waals surface area contributed by atoms with Crippen molar-refractivity contribution in [3.63, 3.8) is 0 Å². The first-order valence-corrected chi connectivity index (χ1v) is 12.4. The van der Waals surface area contributed by atoms with Crippen molar-refractivity contribution in [3.05, 3.63) is 28.4 Å². The van der Waals surface area contributed by atoms with Crippen molar-refractivity contribution in [2.75, 3.05) is 25.4 Å². The quantitative estimate of drug-likeness (QED) is 0.164. The molecule has 6 N–H and O–H groups in total. The molecule has 0 aliphatic heterocycles.